The molecule has 13 heteroatoms. The summed E-state index contributed by atoms with van der Waals surface area (Å²) in [6, 6.07) is 22.3. The van der Waals surface area contributed by atoms with Crippen molar-refractivity contribution in [2.24, 2.45) is 5.11 Å². The van der Waals surface area contributed by atoms with Gasteiger partial charge >= 0.3 is 5.97 Å². The number of allylic oxidation sites excluding steroid dienone is 4. The first-order chi connectivity index (χ1) is 22.5. The van der Waals surface area contributed by atoms with Crippen molar-refractivity contribution in [1.82, 2.24) is 0 Å². The summed E-state index contributed by atoms with van der Waals surface area (Å²) in [5, 5.41) is 13.0. The van der Waals surface area contributed by atoms with E-state index < -0.39 is 50.1 Å². The Labute approximate surface area is 266 Å². The smallest absolute Gasteiger partial charge is 0.339 e. The van der Waals surface area contributed by atoms with Crippen molar-refractivity contribution in [2.45, 2.75) is 4.90 Å². The first kappa shape index (κ1) is 31.1. The Morgan fingerprint density at radius 1 is 0.915 bits per heavy atom. The second-order valence-electron chi connectivity index (χ2n) is 10.6. The van der Waals surface area contributed by atoms with Crippen LogP contribution in [0.15, 0.2) is 118 Å². The molecule has 0 bridgehead atoms. The fraction of sp³-hybridized carbons (Fsp3) is 0.0588. The van der Waals surface area contributed by atoms with Crippen molar-refractivity contribution >= 4 is 49.8 Å². The van der Waals surface area contributed by atoms with Crippen molar-refractivity contribution in [3.8, 4) is 0 Å². The van der Waals surface area contributed by atoms with Gasteiger partial charge in [-0.05, 0) is 35.9 Å². The zero-order valence-electron chi connectivity index (χ0n) is 24.7. The molecule has 1 N–H and O–H groups in total. The molecule has 0 radical (unpaired) electrons. The Balaban J connectivity index is 1.73. The zero-order valence-corrected chi connectivity index (χ0v) is 25.5. The van der Waals surface area contributed by atoms with Crippen molar-refractivity contribution < 1.29 is 36.1 Å². The van der Waals surface area contributed by atoms with Crippen LogP contribution in [0.3, 0.4) is 0 Å². The molecule has 0 fully saturated rings. The van der Waals surface area contributed by atoms with Crippen LogP contribution in [0.2, 0.25) is 0 Å². The third-order valence-corrected chi connectivity index (χ3v) is 9.85. The van der Waals surface area contributed by atoms with E-state index in [4.69, 9.17) is 5.53 Å². The van der Waals surface area contributed by atoms with Gasteiger partial charge < -0.3 is 10.0 Å². The molecule has 9 nitrogen and oxygen atoms in total. The van der Waals surface area contributed by atoms with Crippen LogP contribution in [-0.4, -0.2) is 43.9 Å². The number of sulfone groups is 1. The van der Waals surface area contributed by atoms with E-state index in [0.29, 0.717) is 11.4 Å². The minimum Gasteiger partial charge on any atom is -0.478 e. The van der Waals surface area contributed by atoms with Gasteiger partial charge in [0.25, 0.3) is 0 Å². The van der Waals surface area contributed by atoms with E-state index in [1.54, 1.807) is 72.1 Å². The van der Waals surface area contributed by atoms with Gasteiger partial charge in [-0.3, -0.25) is 0 Å². The summed E-state index contributed by atoms with van der Waals surface area (Å²) in [5.41, 5.74) is 6.82. The van der Waals surface area contributed by atoms with Gasteiger partial charge in [0.15, 0.2) is 11.6 Å². The number of rotatable bonds is 6. The molecule has 2 aliphatic rings. The number of hydrogen-bond acceptors (Lipinski definition) is 5. The molecule has 47 heavy (non-hydrogen) atoms. The first-order valence-electron chi connectivity index (χ1n) is 13.9. The third kappa shape index (κ3) is 5.07. The van der Waals surface area contributed by atoms with Gasteiger partial charge in [0, 0.05) is 69.9 Å². The van der Waals surface area contributed by atoms with Gasteiger partial charge in [-0.2, -0.15) is 4.58 Å². The van der Waals surface area contributed by atoms with Gasteiger partial charge in [-0.15, -0.1) is 0 Å². The predicted molar refractivity (Wildman–Crippen MR) is 171 cm³/mol. The van der Waals surface area contributed by atoms with Gasteiger partial charge in [0.2, 0.25) is 21.2 Å². The normalized spacial score (nSPS) is 15.6. The molecule has 0 aromatic heterocycles. The molecule has 0 spiro atoms. The fourth-order valence-corrected chi connectivity index (χ4v) is 7.36. The van der Waals surface area contributed by atoms with Gasteiger partial charge in [-0.1, -0.05) is 47.6 Å². The van der Waals surface area contributed by atoms with Crippen LogP contribution in [0.25, 0.3) is 16.0 Å². The van der Waals surface area contributed by atoms with Gasteiger partial charge in [0.1, 0.15) is 24.1 Å². The number of carbonyl (C=O) groups is 1. The Kier molecular flexibility index (Phi) is 7.80. The second-order valence-corrected chi connectivity index (χ2v) is 12.5. The fourth-order valence-electron chi connectivity index (χ4n) is 5.65. The molecule has 6 rings (SSSR count). The average Bonchev–Trinajstić information content (AvgIpc) is 3.08. The molecule has 1 heterocycles. The maximum atomic E-state index is 16.2. The number of carboxylic acid groups (broad SMARTS) is 1. The van der Waals surface area contributed by atoms with Gasteiger partial charge in [0.05, 0.1) is 9.80 Å². The molecule has 1 aliphatic heterocycles. The van der Waals surface area contributed by atoms with Crippen LogP contribution in [0.1, 0.15) is 21.5 Å². The summed E-state index contributed by atoms with van der Waals surface area (Å²) in [7, 11) is -0.977. The van der Waals surface area contributed by atoms with Crippen LogP contribution in [-0.2, 0) is 9.84 Å². The summed E-state index contributed by atoms with van der Waals surface area (Å²) < 4.78 is 77.1. The van der Waals surface area contributed by atoms with E-state index in [1.807, 2.05) is 12.1 Å². The number of azide groups is 1. The average molecular weight is 655 g/mol. The SMILES string of the molecule is CN(c1ccccc1)c1ccc2c(c1)S(=O)(=O)C1=CC(=[N+](C)c3ccccc3)C=CC1=C2c1c(F)c(N=[N+]=[N-])c(F)c(F)c1C(=O)O. The first-order valence-corrected chi connectivity index (χ1v) is 15.4. The number of hydrogen-bond donors (Lipinski definition) is 1. The van der Waals surface area contributed by atoms with Crippen molar-refractivity contribution in [1.29, 1.82) is 0 Å². The summed E-state index contributed by atoms with van der Waals surface area (Å²) >= 11 is 0. The highest BCUT2D eigenvalue weighted by Gasteiger charge is 2.41. The number of nitrogens with zero attached hydrogens (tertiary/aromatic N) is 5. The zero-order chi connectivity index (χ0) is 33.6. The lowest BCUT2D eigenvalue weighted by atomic mass is 9.86. The standard InChI is InChI=1S/C34H22F3N5O4S/c1-41(19-9-5-3-6-10-19)21-13-15-23-25(17-21)47(45,46)26-18-22(42(2)20-11-7-4-8-12-20)14-16-24(26)27(23)28-29(34(43)44)30(35)32(37)33(31(28)36)39-40-38/h3-18H,1-2H3/p+1. The summed E-state index contributed by atoms with van der Waals surface area (Å²) in [6.45, 7) is 0. The lowest BCUT2D eigenvalue weighted by molar-refractivity contribution is -0.403. The molecule has 0 atom stereocenters. The molecule has 234 valence electrons. The number of fused-ring (bicyclic) bond motifs is 2. The largest absolute Gasteiger partial charge is 0.478 e. The van der Waals surface area contributed by atoms with E-state index in [-0.39, 0.29) is 26.5 Å². The van der Waals surface area contributed by atoms with Crippen LogP contribution in [0, 0.1) is 17.5 Å². The Hall–Kier alpha value is -5.91. The quantitative estimate of drug-likeness (QED) is 0.0742. The molecule has 4 aromatic carbocycles. The molecule has 0 saturated carbocycles. The molecular formula is C34H23F3N5O4S+. The molecular weight excluding hydrogens is 631 g/mol. The number of halogens is 3. The van der Waals surface area contributed by atoms with Crippen LogP contribution in [0.4, 0.5) is 35.9 Å². The minimum absolute atomic E-state index is 0.161. The van der Waals surface area contributed by atoms with Gasteiger partial charge in [-0.25, -0.2) is 26.4 Å². The Morgan fingerprint density at radius 3 is 2.21 bits per heavy atom. The Morgan fingerprint density at radius 2 is 1.57 bits per heavy atom. The number of benzene rings is 4. The lowest BCUT2D eigenvalue weighted by Gasteiger charge is -2.29. The van der Waals surface area contributed by atoms with Crippen LogP contribution in [0.5, 0.6) is 0 Å². The molecule has 4 aromatic rings. The van der Waals surface area contributed by atoms with E-state index in [0.717, 1.165) is 11.4 Å². The topological polar surface area (TPSA) is 126 Å². The summed E-state index contributed by atoms with van der Waals surface area (Å²) in [5.74, 6) is -7.65. The highest BCUT2D eigenvalue weighted by Crippen LogP contribution is 2.49. The number of para-hydroxylation sites is 2. The molecule has 0 saturated heterocycles. The second kappa shape index (κ2) is 11.8. The van der Waals surface area contributed by atoms with Crippen LogP contribution >= 0.6 is 0 Å². The van der Waals surface area contributed by atoms with E-state index in [1.165, 1.54) is 36.4 Å². The summed E-state index contributed by atoms with van der Waals surface area (Å²) in [4.78, 5) is 15.8. The monoisotopic (exact) mass is 654 g/mol. The minimum atomic E-state index is -4.40. The number of carboxylic acids is 1. The number of anilines is 2. The maximum Gasteiger partial charge on any atom is 0.339 e. The number of aromatic carboxylic acids is 1. The summed E-state index contributed by atoms with van der Waals surface area (Å²) in [6.07, 6.45) is 4.24. The molecule has 1 aliphatic carbocycles. The van der Waals surface area contributed by atoms with E-state index in [9.17, 15) is 22.7 Å². The lowest BCUT2D eigenvalue weighted by Crippen LogP contribution is -2.23. The third-order valence-electron chi connectivity index (χ3n) is 8.02. The van der Waals surface area contributed by atoms with Crippen LogP contribution < -0.4 is 4.90 Å². The van der Waals surface area contributed by atoms with E-state index >= 15 is 8.78 Å². The Bertz CT molecular complexity index is 2300. The predicted octanol–water partition coefficient (Wildman–Crippen LogP) is 7.97. The molecule has 0 amide bonds. The van der Waals surface area contributed by atoms with Crippen molar-refractivity contribution in [2.75, 3.05) is 19.0 Å². The highest BCUT2D eigenvalue weighted by atomic mass is 32.2. The van der Waals surface area contributed by atoms with Crippen molar-refractivity contribution in [3.05, 3.63) is 152 Å². The van der Waals surface area contributed by atoms with E-state index in [2.05, 4.69) is 10.0 Å². The molecule has 0 unspecified atom stereocenters. The highest BCUT2D eigenvalue weighted by molar-refractivity contribution is 7.95. The van der Waals surface area contributed by atoms with Crippen molar-refractivity contribution in [3.63, 3.8) is 0 Å². The maximum absolute atomic E-state index is 16.2.